The van der Waals surface area contributed by atoms with Crippen LogP contribution in [0.2, 0.25) is 0 Å². The number of aromatic nitrogens is 1. The molecule has 1 aromatic carbocycles. The van der Waals surface area contributed by atoms with Gasteiger partial charge in [-0.25, -0.2) is 0 Å². The molecule has 2 aromatic rings. The van der Waals surface area contributed by atoms with Gasteiger partial charge < -0.3 is 15.6 Å². The number of hydrogen-bond donors (Lipinski definition) is 2. The first-order valence-corrected chi connectivity index (χ1v) is 7.25. The van der Waals surface area contributed by atoms with Gasteiger partial charge >= 0.3 is 0 Å². The van der Waals surface area contributed by atoms with Gasteiger partial charge in [-0.1, -0.05) is 22.0 Å². The Morgan fingerprint density at radius 3 is 2.75 bits per heavy atom. The molecule has 2 rings (SSSR count). The lowest BCUT2D eigenvalue weighted by Crippen LogP contribution is -2.28. The van der Waals surface area contributed by atoms with E-state index in [1.165, 1.54) is 16.8 Å². The topological polar surface area (TPSA) is 77.1 Å². The van der Waals surface area contributed by atoms with Crippen molar-refractivity contribution in [1.29, 1.82) is 0 Å². The number of nitrogen functional groups attached to an aromatic ring is 1. The number of nitrogens with one attached hydrogen (secondary N) is 1. The van der Waals surface area contributed by atoms with E-state index >= 15 is 0 Å². The molecule has 1 heterocycles. The van der Waals surface area contributed by atoms with Crippen LogP contribution in [0.1, 0.15) is 0 Å². The lowest BCUT2D eigenvalue weighted by Gasteiger charge is -2.09. The smallest absolute Gasteiger partial charge is 0.265 e. The van der Waals surface area contributed by atoms with E-state index in [1.54, 1.807) is 12.1 Å². The molecule has 0 fully saturated rings. The predicted octanol–water partition coefficient (Wildman–Crippen LogP) is 2.59. The summed E-state index contributed by atoms with van der Waals surface area (Å²) in [4.78, 5) is 23.8. The van der Waals surface area contributed by atoms with E-state index in [1.807, 2.05) is 12.1 Å². The SMILES string of the molecule is Nc1cc(Br)c(=O)n(CC(=O)Nc2cccc(Br)c2)c1. The van der Waals surface area contributed by atoms with E-state index in [9.17, 15) is 9.59 Å². The van der Waals surface area contributed by atoms with Gasteiger partial charge in [-0.2, -0.15) is 0 Å². The fraction of sp³-hybridized carbons (Fsp3) is 0.0769. The van der Waals surface area contributed by atoms with Gasteiger partial charge in [-0.3, -0.25) is 9.59 Å². The van der Waals surface area contributed by atoms with Crippen molar-refractivity contribution in [1.82, 2.24) is 4.57 Å². The van der Waals surface area contributed by atoms with Crippen LogP contribution in [0.15, 0.2) is 50.3 Å². The highest BCUT2D eigenvalue weighted by Crippen LogP contribution is 2.15. The van der Waals surface area contributed by atoms with E-state index < -0.39 is 0 Å². The van der Waals surface area contributed by atoms with E-state index in [4.69, 9.17) is 5.73 Å². The second kappa shape index (κ2) is 6.23. The Balaban J connectivity index is 2.15. The van der Waals surface area contributed by atoms with Gasteiger partial charge in [0.25, 0.3) is 5.56 Å². The van der Waals surface area contributed by atoms with Crippen molar-refractivity contribution in [2.75, 3.05) is 11.1 Å². The number of nitrogens with two attached hydrogens (primary N) is 1. The van der Waals surface area contributed by atoms with Crippen molar-refractivity contribution in [2.45, 2.75) is 6.54 Å². The lowest BCUT2D eigenvalue weighted by molar-refractivity contribution is -0.116. The molecule has 7 heteroatoms. The molecule has 3 N–H and O–H groups in total. The minimum atomic E-state index is -0.303. The van der Waals surface area contributed by atoms with Crippen LogP contribution in [0.4, 0.5) is 11.4 Å². The van der Waals surface area contributed by atoms with Gasteiger partial charge in [0.2, 0.25) is 5.91 Å². The molecule has 1 aromatic heterocycles. The van der Waals surface area contributed by atoms with E-state index in [-0.39, 0.29) is 18.0 Å². The highest BCUT2D eigenvalue weighted by molar-refractivity contribution is 9.10. The number of rotatable bonds is 3. The molecular formula is C13H11Br2N3O2. The maximum atomic E-state index is 11.9. The van der Waals surface area contributed by atoms with Crippen LogP contribution in [0.3, 0.4) is 0 Å². The minimum absolute atomic E-state index is 0.102. The molecule has 0 unspecified atom stereocenters. The molecule has 0 atom stereocenters. The van der Waals surface area contributed by atoms with Crippen LogP contribution in [-0.2, 0) is 11.3 Å². The average molecular weight is 401 g/mol. The van der Waals surface area contributed by atoms with Crippen molar-refractivity contribution in [3.8, 4) is 0 Å². The molecule has 0 aliphatic rings. The first kappa shape index (κ1) is 14.8. The molecule has 20 heavy (non-hydrogen) atoms. The Kier molecular flexibility index (Phi) is 4.61. The van der Waals surface area contributed by atoms with Gasteiger partial charge in [0.1, 0.15) is 6.54 Å². The summed E-state index contributed by atoms with van der Waals surface area (Å²) in [6, 6.07) is 8.71. The second-order valence-corrected chi connectivity index (χ2v) is 5.88. The molecule has 1 amide bonds. The maximum absolute atomic E-state index is 11.9. The van der Waals surface area contributed by atoms with Gasteiger partial charge in [-0.05, 0) is 40.2 Å². The molecule has 0 saturated carbocycles. The number of carbonyl (C=O) groups is 1. The Labute approximate surface area is 132 Å². The van der Waals surface area contributed by atoms with Gasteiger partial charge in [-0.15, -0.1) is 0 Å². The number of amides is 1. The highest BCUT2D eigenvalue weighted by atomic mass is 79.9. The molecule has 0 aliphatic heterocycles. The standard InChI is InChI=1S/C13H11Br2N3O2/c14-8-2-1-3-10(4-8)17-12(19)7-18-6-9(16)5-11(15)13(18)20/h1-6H,7,16H2,(H,17,19). The molecule has 0 bridgehead atoms. The first-order chi connectivity index (χ1) is 9.45. The maximum Gasteiger partial charge on any atom is 0.265 e. The fourth-order valence-electron chi connectivity index (χ4n) is 1.66. The summed E-state index contributed by atoms with van der Waals surface area (Å²) in [6.07, 6.45) is 1.44. The van der Waals surface area contributed by atoms with Crippen LogP contribution in [0.5, 0.6) is 0 Å². The fourth-order valence-corrected chi connectivity index (χ4v) is 2.55. The lowest BCUT2D eigenvalue weighted by atomic mass is 10.3. The van der Waals surface area contributed by atoms with Crippen molar-refractivity contribution >= 4 is 49.1 Å². The zero-order chi connectivity index (χ0) is 14.7. The van der Waals surface area contributed by atoms with Crippen molar-refractivity contribution < 1.29 is 4.79 Å². The molecule has 0 spiro atoms. The average Bonchev–Trinajstić information content (AvgIpc) is 2.35. The van der Waals surface area contributed by atoms with E-state index in [0.29, 0.717) is 15.8 Å². The number of pyridine rings is 1. The summed E-state index contributed by atoms with van der Waals surface area (Å²) >= 11 is 6.43. The second-order valence-electron chi connectivity index (χ2n) is 4.11. The predicted molar refractivity (Wildman–Crippen MR) is 85.6 cm³/mol. The largest absolute Gasteiger partial charge is 0.398 e. The van der Waals surface area contributed by atoms with Crippen LogP contribution in [0.25, 0.3) is 0 Å². The zero-order valence-corrected chi connectivity index (χ0v) is 13.4. The van der Waals surface area contributed by atoms with Crippen LogP contribution in [-0.4, -0.2) is 10.5 Å². The summed E-state index contributed by atoms with van der Waals surface area (Å²) in [5.41, 5.74) is 6.41. The van der Waals surface area contributed by atoms with Crippen LogP contribution >= 0.6 is 31.9 Å². The summed E-state index contributed by atoms with van der Waals surface area (Å²) in [5.74, 6) is -0.303. The Morgan fingerprint density at radius 1 is 1.30 bits per heavy atom. The van der Waals surface area contributed by atoms with Gasteiger partial charge in [0.05, 0.1) is 4.47 Å². The van der Waals surface area contributed by atoms with E-state index in [0.717, 1.165) is 4.47 Å². The zero-order valence-electron chi connectivity index (χ0n) is 10.3. The Morgan fingerprint density at radius 2 is 2.05 bits per heavy atom. The third kappa shape index (κ3) is 3.71. The Bertz CT molecular complexity index is 713. The number of nitrogens with zero attached hydrogens (tertiary/aromatic N) is 1. The summed E-state index contributed by atoms with van der Waals surface area (Å²) in [5, 5.41) is 2.71. The number of anilines is 2. The van der Waals surface area contributed by atoms with Gasteiger partial charge in [0, 0.05) is 22.0 Å². The highest BCUT2D eigenvalue weighted by Gasteiger charge is 2.08. The molecule has 104 valence electrons. The molecule has 5 nitrogen and oxygen atoms in total. The van der Waals surface area contributed by atoms with Crippen LogP contribution in [0, 0.1) is 0 Å². The monoisotopic (exact) mass is 399 g/mol. The third-order valence-corrected chi connectivity index (χ3v) is 3.55. The Hall–Kier alpha value is -1.60. The molecule has 0 aliphatic carbocycles. The van der Waals surface area contributed by atoms with Crippen molar-refractivity contribution in [3.63, 3.8) is 0 Å². The number of hydrogen-bond acceptors (Lipinski definition) is 3. The van der Waals surface area contributed by atoms with E-state index in [2.05, 4.69) is 37.2 Å². The normalized spacial score (nSPS) is 10.3. The van der Waals surface area contributed by atoms with Gasteiger partial charge in [0.15, 0.2) is 0 Å². The van der Waals surface area contributed by atoms with Crippen LogP contribution < -0.4 is 16.6 Å². The number of halogens is 2. The van der Waals surface area contributed by atoms with Crippen molar-refractivity contribution in [2.24, 2.45) is 0 Å². The number of benzene rings is 1. The van der Waals surface area contributed by atoms with Crippen molar-refractivity contribution in [3.05, 3.63) is 55.8 Å². The molecule has 0 radical (unpaired) electrons. The summed E-state index contributed by atoms with van der Waals surface area (Å²) in [7, 11) is 0. The summed E-state index contributed by atoms with van der Waals surface area (Å²) < 4.78 is 2.44. The number of carbonyl (C=O) groups excluding carboxylic acids is 1. The molecular weight excluding hydrogens is 390 g/mol. The minimum Gasteiger partial charge on any atom is -0.398 e. The quantitative estimate of drug-likeness (QED) is 0.831. The third-order valence-electron chi connectivity index (χ3n) is 2.49. The molecule has 0 saturated heterocycles. The summed E-state index contributed by atoms with van der Waals surface area (Å²) in [6.45, 7) is -0.102. The first-order valence-electron chi connectivity index (χ1n) is 5.66.